The Hall–Kier alpha value is -1.41. The zero-order valence-corrected chi connectivity index (χ0v) is 8.27. The van der Waals surface area contributed by atoms with Gasteiger partial charge in [0.05, 0.1) is 6.07 Å². The molecule has 0 aromatic heterocycles. The molecule has 0 saturated carbocycles. The first-order valence-electron chi connectivity index (χ1n) is 3.93. The summed E-state index contributed by atoms with van der Waals surface area (Å²) < 4.78 is 35.9. The van der Waals surface area contributed by atoms with Crippen LogP contribution in [0.25, 0.3) is 6.08 Å². The fourth-order valence-corrected chi connectivity index (χ4v) is 1.45. The first kappa shape index (κ1) is 11.7. The highest BCUT2D eigenvalue weighted by Crippen LogP contribution is 2.36. The van der Waals surface area contributed by atoms with Crippen molar-refractivity contribution in [3.63, 3.8) is 0 Å². The Morgan fingerprint density at radius 1 is 1.20 bits per heavy atom. The van der Waals surface area contributed by atoms with Crippen molar-refractivity contribution in [3.8, 4) is 6.07 Å². The Kier molecular flexibility index (Phi) is 3.81. The van der Waals surface area contributed by atoms with Gasteiger partial charge in [0, 0.05) is 11.0 Å². The Labute approximate surface area is 89.2 Å². The third-order valence-corrected chi connectivity index (χ3v) is 2.20. The summed E-state index contributed by atoms with van der Waals surface area (Å²) in [5.41, 5.74) is -3.56. The van der Waals surface area contributed by atoms with Gasteiger partial charge in [0.2, 0.25) is 0 Å². The molecule has 1 aromatic carbocycles. The zero-order valence-electron chi connectivity index (χ0n) is 7.45. The van der Waals surface area contributed by atoms with E-state index in [1.807, 2.05) is 0 Å². The fraction of sp³-hybridized carbons (Fsp3) is 0.100. The molecule has 0 aliphatic heterocycles. The van der Waals surface area contributed by atoms with Gasteiger partial charge in [-0.2, -0.15) is 18.4 Å². The van der Waals surface area contributed by atoms with Crippen LogP contribution in [-0.2, 0) is 0 Å². The highest BCUT2D eigenvalue weighted by molar-refractivity contribution is 8.00. The molecule has 0 bridgehead atoms. The molecule has 1 rings (SSSR count). The molecule has 0 aliphatic rings. The average molecular weight is 229 g/mol. The summed E-state index contributed by atoms with van der Waals surface area (Å²) in [7, 11) is 0. The lowest BCUT2D eigenvalue weighted by Crippen LogP contribution is -1.98. The second-order valence-corrected chi connectivity index (χ2v) is 3.72. The second-order valence-electron chi connectivity index (χ2n) is 2.58. The molecule has 0 atom stereocenters. The molecule has 0 spiro atoms. The molecular formula is C10H6F3NS. The van der Waals surface area contributed by atoms with E-state index in [1.54, 1.807) is 6.07 Å². The summed E-state index contributed by atoms with van der Waals surface area (Å²) in [5.74, 6) is 0. The maximum Gasteiger partial charge on any atom is 0.446 e. The summed E-state index contributed by atoms with van der Waals surface area (Å²) in [6.45, 7) is 0. The van der Waals surface area contributed by atoms with Crippen molar-refractivity contribution in [2.75, 3.05) is 0 Å². The lowest BCUT2D eigenvalue weighted by atomic mass is 10.2. The molecule has 0 radical (unpaired) electrons. The molecule has 0 amide bonds. The Morgan fingerprint density at radius 3 is 2.27 bits per heavy atom. The highest BCUT2D eigenvalue weighted by atomic mass is 32.2. The minimum atomic E-state index is -4.26. The SMILES string of the molecule is N#CC=Cc1ccc(SC(F)(F)F)cc1. The van der Waals surface area contributed by atoms with E-state index in [4.69, 9.17) is 5.26 Å². The lowest BCUT2D eigenvalue weighted by Gasteiger charge is -2.04. The van der Waals surface area contributed by atoms with Crippen molar-refractivity contribution in [2.45, 2.75) is 10.4 Å². The van der Waals surface area contributed by atoms with Crippen LogP contribution in [0.1, 0.15) is 5.56 Å². The van der Waals surface area contributed by atoms with E-state index >= 15 is 0 Å². The van der Waals surface area contributed by atoms with Crippen LogP contribution < -0.4 is 0 Å². The van der Waals surface area contributed by atoms with Gasteiger partial charge in [0.15, 0.2) is 0 Å². The predicted octanol–water partition coefficient (Wildman–Crippen LogP) is 3.84. The van der Waals surface area contributed by atoms with Gasteiger partial charge in [-0.05, 0) is 35.5 Å². The van der Waals surface area contributed by atoms with Gasteiger partial charge in [-0.15, -0.1) is 0 Å². The zero-order chi connectivity index (χ0) is 11.3. The maximum absolute atomic E-state index is 12.0. The number of alkyl halides is 3. The Balaban J connectivity index is 2.74. The fourth-order valence-electron chi connectivity index (χ4n) is 0.914. The van der Waals surface area contributed by atoms with E-state index in [2.05, 4.69) is 0 Å². The van der Waals surface area contributed by atoms with Gasteiger partial charge in [0.1, 0.15) is 0 Å². The van der Waals surface area contributed by atoms with E-state index < -0.39 is 5.51 Å². The van der Waals surface area contributed by atoms with Crippen LogP contribution in [-0.4, -0.2) is 5.51 Å². The number of allylic oxidation sites excluding steroid dienone is 1. The van der Waals surface area contributed by atoms with Crippen molar-refractivity contribution in [1.29, 1.82) is 5.26 Å². The number of benzene rings is 1. The smallest absolute Gasteiger partial charge is 0.193 e. The monoisotopic (exact) mass is 229 g/mol. The van der Waals surface area contributed by atoms with Crippen LogP contribution in [0.4, 0.5) is 13.2 Å². The van der Waals surface area contributed by atoms with E-state index in [-0.39, 0.29) is 16.7 Å². The summed E-state index contributed by atoms with van der Waals surface area (Å²) in [6, 6.07) is 7.60. The first-order chi connectivity index (χ1) is 7.01. The summed E-state index contributed by atoms with van der Waals surface area (Å²) in [5, 5.41) is 8.25. The maximum atomic E-state index is 12.0. The summed E-state index contributed by atoms with van der Waals surface area (Å²) >= 11 is -0.156. The predicted molar refractivity (Wildman–Crippen MR) is 53.0 cm³/mol. The van der Waals surface area contributed by atoms with E-state index in [9.17, 15) is 13.2 Å². The molecule has 15 heavy (non-hydrogen) atoms. The van der Waals surface area contributed by atoms with Crippen LogP contribution in [0.2, 0.25) is 0 Å². The van der Waals surface area contributed by atoms with Gasteiger partial charge in [-0.3, -0.25) is 0 Å². The number of rotatable bonds is 2. The van der Waals surface area contributed by atoms with Gasteiger partial charge in [0.25, 0.3) is 0 Å². The topological polar surface area (TPSA) is 23.8 Å². The van der Waals surface area contributed by atoms with E-state index in [0.29, 0.717) is 5.56 Å². The van der Waals surface area contributed by atoms with Crippen LogP contribution >= 0.6 is 11.8 Å². The molecule has 0 aliphatic carbocycles. The van der Waals surface area contributed by atoms with Crippen molar-refractivity contribution < 1.29 is 13.2 Å². The van der Waals surface area contributed by atoms with Crippen LogP contribution in [0, 0.1) is 11.3 Å². The molecule has 0 saturated heterocycles. The van der Waals surface area contributed by atoms with Crippen molar-refractivity contribution >= 4 is 17.8 Å². The Bertz CT molecular complexity index is 387. The molecule has 5 heteroatoms. The molecule has 0 unspecified atom stereocenters. The van der Waals surface area contributed by atoms with Crippen molar-refractivity contribution in [3.05, 3.63) is 35.9 Å². The highest BCUT2D eigenvalue weighted by Gasteiger charge is 2.28. The van der Waals surface area contributed by atoms with Crippen molar-refractivity contribution in [1.82, 2.24) is 0 Å². The summed E-state index contributed by atoms with van der Waals surface area (Å²) in [4.78, 5) is 0.136. The quantitative estimate of drug-likeness (QED) is 0.568. The van der Waals surface area contributed by atoms with Crippen LogP contribution in [0.3, 0.4) is 0 Å². The molecule has 0 heterocycles. The van der Waals surface area contributed by atoms with Gasteiger partial charge < -0.3 is 0 Å². The molecular weight excluding hydrogens is 223 g/mol. The first-order valence-corrected chi connectivity index (χ1v) is 4.75. The number of thioether (sulfide) groups is 1. The van der Waals surface area contributed by atoms with E-state index in [0.717, 1.165) is 0 Å². The van der Waals surface area contributed by atoms with Crippen LogP contribution in [0.15, 0.2) is 35.2 Å². The second kappa shape index (κ2) is 4.89. The van der Waals surface area contributed by atoms with Crippen molar-refractivity contribution in [2.24, 2.45) is 0 Å². The number of hydrogen-bond acceptors (Lipinski definition) is 2. The molecule has 1 aromatic rings. The Morgan fingerprint density at radius 2 is 1.80 bits per heavy atom. The molecule has 78 valence electrons. The number of nitriles is 1. The largest absolute Gasteiger partial charge is 0.446 e. The lowest BCUT2D eigenvalue weighted by molar-refractivity contribution is -0.0328. The normalized spacial score (nSPS) is 11.6. The average Bonchev–Trinajstić information content (AvgIpc) is 2.14. The van der Waals surface area contributed by atoms with Gasteiger partial charge in [-0.1, -0.05) is 12.1 Å². The van der Waals surface area contributed by atoms with Gasteiger partial charge in [-0.25, -0.2) is 0 Å². The third kappa shape index (κ3) is 4.56. The van der Waals surface area contributed by atoms with Gasteiger partial charge >= 0.3 is 5.51 Å². The minimum Gasteiger partial charge on any atom is -0.193 e. The summed E-state index contributed by atoms with van der Waals surface area (Å²) in [6.07, 6.45) is 2.80. The number of halogens is 3. The van der Waals surface area contributed by atoms with Crippen LogP contribution in [0.5, 0.6) is 0 Å². The standard InChI is InChI=1S/C10H6F3NS/c11-10(12,13)15-9-5-3-8(4-6-9)2-1-7-14/h1-6H. The molecule has 1 nitrogen and oxygen atoms in total. The molecule has 0 fully saturated rings. The molecule has 0 N–H and O–H groups in total. The number of hydrogen-bond donors (Lipinski definition) is 0. The minimum absolute atomic E-state index is 0.136. The number of nitrogens with zero attached hydrogens (tertiary/aromatic N) is 1. The van der Waals surface area contributed by atoms with E-state index in [1.165, 1.54) is 36.4 Å². The third-order valence-electron chi connectivity index (χ3n) is 1.46.